The third-order valence-electron chi connectivity index (χ3n) is 4.62. The van der Waals surface area contributed by atoms with E-state index < -0.39 is 11.6 Å². The molecule has 1 saturated carbocycles. The van der Waals surface area contributed by atoms with Crippen LogP contribution in [0.15, 0.2) is 60.7 Å². The van der Waals surface area contributed by atoms with Crippen molar-refractivity contribution >= 4 is 0 Å². The first-order valence-electron chi connectivity index (χ1n) is 7.24. The third kappa shape index (κ3) is 2.15. The molecule has 1 aliphatic rings. The van der Waals surface area contributed by atoms with Gasteiger partial charge in [0.15, 0.2) is 0 Å². The lowest BCUT2D eigenvalue weighted by molar-refractivity contribution is -0.200. The molecule has 0 amide bonds. The molecule has 3 heteroatoms. The fraction of sp³-hybridized carbons (Fsp3) is 0.333. The Morgan fingerprint density at radius 3 is 1.43 bits per heavy atom. The first-order chi connectivity index (χ1) is 10.1. The molecule has 110 valence electrons. The van der Waals surface area contributed by atoms with E-state index in [-0.39, 0.29) is 5.92 Å². The molecular weight excluding hydrogens is 273 g/mol. The normalized spacial score (nSPS) is 16.5. The molecule has 0 aliphatic heterocycles. The summed E-state index contributed by atoms with van der Waals surface area (Å²) in [6.07, 6.45) is -2.17. The van der Waals surface area contributed by atoms with Gasteiger partial charge in [-0.05, 0) is 29.9 Å². The summed E-state index contributed by atoms with van der Waals surface area (Å²) >= 11 is 0. The highest BCUT2D eigenvalue weighted by molar-refractivity contribution is 5.43. The van der Waals surface area contributed by atoms with E-state index >= 15 is 0 Å². The number of benzene rings is 2. The van der Waals surface area contributed by atoms with E-state index in [1.54, 1.807) is 60.7 Å². The molecule has 0 radical (unpaired) electrons. The van der Waals surface area contributed by atoms with Gasteiger partial charge in [0.05, 0.1) is 0 Å². The van der Waals surface area contributed by atoms with E-state index in [0.29, 0.717) is 24.0 Å². The Hall–Kier alpha value is -1.77. The highest BCUT2D eigenvalue weighted by Crippen LogP contribution is 2.56. The second-order valence-corrected chi connectivity index (χ2v) is 5.67. The van der Waals surface area contributed by atoms with Crippen LogP contribution in [0.3, 0.4) is 0 Å². The van der Waals surface area contributed by atoms with Gasteiger partial charge in [-0.25, -0.2) is 0 Å². The van der Waals surface area contributed by atoms with E-state index in [1.165, 1.54) is 0 Å². The molecule has 1 aliphatic carbocycles. The highest BCUT2D eigenvalue weighted by Gasteiger charge is 2.62. The van der Waals surface area contributed by atoms with Crippen LogP contribution in [-0.4, -0.2) is 6.18 Å². The van der Waals surface area contributed by atoms with Gasteiger partial charge in [-0.2, -0.15) is 13.2 Å². The molecular formula is C18H17F3. The lowest BCUT2D eigenvalue weighted by Crippen LogP contribution is -2.51. The molecule has 0 unspecified atom stereocenters. The topological polar surface area (TPSA) is 0 Å². The minimum atomic E-state index is -4.30. The van der Waals surface area contributed by atoms with Crippen LogP contribution in [0, 0.1) is 5.92 Å². The van der Waals surface area contributed by atoms with Crippen LogP contribution < -0.4 is 0 Å². The van der Waals surface area contributed by atoms with Gasteiger partial charge in [-0.15, -0.1) is 0 Å². The van der Waals surface area contributed by atoms with Crippen LogP contribution in [0.25, 0.3) is 0 Å². The van der Waals surface area contributed by atoms with Crippen molar-refractivity contribution in [3.8, 4) is 0 Å². The number of hydrogen-bond donors (Lipinski definition) is 0. The summed E-state index contributed by atoms with van der Waals surface area (Å²) in [4.78, 5) is 0. The maximum Gasteiger partial charge on any atom is 0.402 e. The van der Waals surface area contributed by atoms with Crippen LogP contribution in [0.5, 0.6) is 0 Å². The first-order valence-corrected chi connectivity index (χ1v) is 7.24. The van der Waals surface area contributed by atoms with Gasteiger partial charge < -0.3 is 0 Å². The van der Waals surface area contributed by atoms with Crippen molar-refractivity contribution in [3.63, 3.8) is 0 Å². The molecule has 1 fully saturated rings. The quantitative estimate of drug-likeness (QED) is 0.716. The molecule has 0 atom stereocenters. The van der Waals surface area contributed by atoms with Crippen LogP contribution in [0.2, 0.25) is 0 Å². The highest BCUT2D eigenvalue weighted by atomic mass is 19.4. The summed E-state index contributed by atoms with van der Waals surface area (Å²) in [5.41, 5.74) is -1.17. The van der Waals surface area contributed by atoms with Crippen LogP contribution >= 0.6 is 0 Å². The first kappa shape index (κ1) is 14.2. The molecule has 2 aromatic rings. The molecule has 2 aromatic carbocycles. The summed E-state index contributed by atoms with van der Waals surface area (Å²) in [5.74, 6) is -0.373. The van der Waals surface area contributed by atoms with Crippen molar-refractivity contribution in [1.82, 2.24) is 0 Å². The maximum atomic E-state index is 14.2. The molecule has 0 spiro atoms. The molecule has 0 nitrogen and oxygen atoms in total. The molecule has 0 heterocycles. The fourth-order valence-corrected chi connectivity index (χ4v) is 3.44. The van der Waals surface area contributed by atoms with Gasteiger partial charge in [-0.1, -0.05) is 67.1 Å². The predicted molar refractivity (Wildman–Crippen MR) is 77.1 cm³/mol. The van der Waals surface area contributed by atoms with Gasteiger partial charge in [0.1, 0.15) is 5.41 Å². The summed E-state index contributed by atoms with van der Waals surface area (Å²) in [7, 11) is 0. The Bertz CT molecular complexity index is 543. The average molecular weight is 290 g/mol. The van der Waals surface area contributed by atoms with Crippen LogP contribution in [0.4, 0.5) is 13.2 Å². The number of hydrogen-bond acceptors (Lipinski definition) is 0. The molecule has 0 bridgehead atoms. The molecule has 0 N–H and O–H groups in total. The van der Waals surface area contributed by atoms with Gasteiger partial charge in [0, 0.05) is 0 Å². The number of alkyl halides is 3. The number of halogens is 3. The van der Waals surface area contributed by atoms with Gasteiger partial charge >= 0.3 is 6.18 Å². The van der Waals surface area contributed by atoms with Gasteiger partial charge in [0.25, 0.3) is 0 Å². The second kappa shape index (κ2) is 5.21. The van der Waals surface area contributed by atoms with Gasteiger partial charge in [0.2, 0.25) is 0 Å². The standard InChI is InChI=1S/C18H17F3/c19-18(20,21)17(16-12-7-13-16,14-8-3-1-4-9-14)15-10-5-2-6-11-15/h1-6,8-11,16H,7,12-13H2. The van der Waals surface area contributed by atoms with Crippen molar-refractivity contribution < 1.29 is 13.2 Å². The monoisotopic (exact) mass is 290 g/mol. The Labute approximate surface area is 122 Å². The second-order valence-electron chi connectivity index (χ2n) is 5.67. The molecule has 3 rings (SSSR count). The molecule has 21 heavy (non-hydrogen) atoms. The van der Waals surface area contributed by atoms with Crippen molar-refractivity contribution in [3.05, 3.63) is 71.8 Å². The number of rotatable bonds is 3. The fourth-order valence-electron chi connectivity index (χ4n) is 3.44. The van der Waals surface area contributed by atoms with E-state index in [9.17, 15) is 13.2 Å². The summed E-state index contributed by atoms with van der Waals surface area (Å²) < 4.78 is 42.7. The maximum absolute atomic E-state index is 14.2. The van der Waals surface area contributed by atoms with E-state index in [0.717, 1.165) is 6.42 Å². The van der Waals surface area contributed by atoms with Crippen molar-refractivity contribution in [2.75, 3.05) is 0 Å². The van der Waals surface area contributed by atoms with Crippen molar-refractivity contribution in [2.24, 2.45) is 5.92 Å². The lowest BCUT2D eigenvalue weighted by atomic mass is 9.58. The van der Waals surface area contributed by atoms with Crippen LogP contribution in [0.1, 0.15) is 30.4 Å². The zero-order valence-corrected chi connectivity index (χ0v) is 11.6. The zero-order chi connectivity index (χ0) is 14.9. The molecule has 0 saturated heterocycles. The molecule has 0 aromatic heterocycles. The van der Waals surface area contributed by atoms with Crippen LogP contribution in [-0.2, 0) is 5.41 Å². The predicted octanol–water partition coefficient (Wildman–Crippen LogP) is 5.34. The Balaban J connectivity index is 2.26. The van der Waals surface area contributed by atoms with E-state index in [4.69, 9.17) is 0 Å². The Kier molecular flexibility index (Phi) is 3.52. The lowest BCUT2D eigenvalue weighted by Gasteiger charge is -2.47. The van der Waals surface area contributed by atoms with Gasteiger partial charge in [-0.3, -0.25) is 0 Å². The summed E-state index contributed by atoms with van der Waals surface area (Å²) in [6.45, 7) is 0. The van der Waals surface area contributed by atoms with E-state index in [2.05, 4.69) is 0 Å². The summed E-state index contributed by atoms with van der Waals surface area (Å²) in [6, 6.07) is 16.7. The van der Waals surface area contributed by atoms with E-state index in [1.807, 2.05) is 0 Å². The summed E-state index contributed by atoms with van der Waals surface area (Å²) in [5, 5.41) is 0. The largest absolute Gasteiger partial charge is 0.402 e. The Morgan fingerprint density at radius 2 is 1.14 bits per heavy atom. The van der Waals surface area contributed by atoms with Crippen molar-refractivity contribution in [2.45, 2.75) is 30.9 Å². The smallest absolute Gasteiger partial charge is 0.170 e. The Morgan fingerprint density at radius 1 is 0.714 bits per heavy atom. The third-order valence-corrected chi connectivity index (χ3v) is 4.62. The minimum absolute atomic E-state index is 0.355. The zero-order valence-electron chi connectivity index (χ0n) is 11.6. The minimum Gasteiger partial charge on any atom is -0.170 e. The SMILES string of the molecule is FC(F)(F)C(c1ccccc1)(c1ccccc1)C1CCC1. The average Bonchev–Trinajstić information content (AvgIpc) is 2.43. The van der Waals surface area contributed by atoms with Crippen molar-refractivity contribution in [1.29, 1.82) is 0 Å².